The highest BCUT2D eigenvalue weighted by Crippen LogP contribution is 2.11. The minimum absolute atomic E-state index is 0.0982. The van der Waals surface area contributed by atoms with Crippen molar-refractivity contribution in [3.8, 4) is 0 Å². The summed E-state index contributed by atoms with van der Waals surface area (Å²) in [5.41, 5.74) is 0.865. The molecular formula is C22H30FN7O. The van der Waals surface area contributed by atoms with Gasteiger partial charge in [-0.2, -0.15) is 0 Å². The molecule has 1 fully saturated rings. The number of piperazine rings is 1. The predicted octanol–water partition coefficient (Wildman–Crippen LogP) is 1.75. The molecule has 166 valence electrons. The van der Waals surface area contributed by atoms with Crippen LogP contribution in [0.1, 0.15) is 18.9 Å². The van der Waals surface area contributed by atoms with Gasteiger partial charge in [0.1, 0.15) is 5.82 Å². The fraction of sp³-hybridized carbons (Fsp3) is 0.455. The van der Waals surface area contributed by atoms with Gasteiger partial charge < -0.3 is 20.0 Å². The molecule has 0 unspecified atom stereocenters. The molecular weight excluding hydrogens is 397 g/mol. The number of aliphatic imine (C=N–C) groups is 1. The van der Waals surface area contributed by atoms with Crippen LogP contribution >= 0.6 is 0 Å². The third-order valence-corrected chi connectivity index (χ3v) is 5.06. The quantitative estimate of drug-likeness (QED) is 0.536. The lowest BCUT2D eigenvalue weighted by Crippen LogP contribution is -2.49. The summed E-state index contributed by atoms with van der Waals surface area (Å²) in [5, 5.41) is 3.23. The summed E-state index contributed by atoms with van der Waals surface area (Å²) in [6, 6.07) is 8.32. The van der Waals surface area contributed by atoms with E-state index in [9.17, 15) is 9.18 Å². The Kier molecular flexibility index (Phi) is 8.14. The zero-order valence-corrected chi connectivity index (χ0v) is 18.2. The number of rotatable bonds is 7. The van der Waals surface area contributed by atoms with E-state index in [1.54, 1.807) is 24.5 Å². The number of carbonyl (C=O) groups excluding carboxylic acids is 1. The summed E-state index contributed by atoms with van der Waals surface area (Å²) >= 11 is 0. The van der Waals surface area contributed by atoms with Gasteiger partial charge in [0.15, 0.2) is 5.96 Å². The summed E-state index contributed by atoms with van der Waals surface area (Å²) in [7, 11) is 1.90. The molecule has 1 amide bonds. The molecule has 1 saturated heterocycles. The van der Waals surface area contributed by atoms with Crippen molar-refractivity contribution < 1.29 is 9.18 Å². The van der Waals surface area contributed by atoms with Crippen LogP contribution in [0.4, 0.5) is 10.3 Å². The van der Waals surface area contributed by atoms with Gasteiger partial charge in [-0.3, -0.25) is 9.79 Å². The maximum Gasteiger partial charge on any atom is 0.225 e. The maximum absolute atomic E-state index is 13.4. The summed E-state index contributed by atoms with van der Waals surface area (Å²) in [4.78, 5) is 31.6. The minimum atomic E-state index is -0.252. The zero-order valence-electron chi connectivity index (χ0n) is 18.2. The van der Waals surface area contributed by atoms with Crippen molar-refractivity contribution in [1.29, 1.82) is 0 Å². The number of halogens is 1. The van der Waals surface area contributed by atoms with Gasteiger partial charge >= 0.3 is 0 Å². The molecule has 9 heteroatoms. The monoisotopic (exact) mass is 427 g/mol. The van der Waals surface area contributed by atoms with Gasteiger partial charge in [0.2, 0.25) is 11.9 Å². The average Bonchev–Trinajstić information content (AvgIpc) is 2.79. The Bertz CT molecular complexity index is 869. The number of aromatic nitrogens is 2. The van der Waals surface area contributed by atoms with Crippen LogP contribution in [0.15, 0.2) is 47.7 Å². The smallest absolute Gasteiger partial charge is 0.225 e. The van der Waals surface area contributed by atoms with Gasteiger partial charge in [-0.05, 0) is 30.7 Å². The molecule has 8 nitrogen and oxygen atoms in total. The van der Waals surface area contributed by atoms with E-state index in [4.69, 9.17) is 0 Å². The van der Waals surface area contributed by atoms with Crippen molar-refractivity contribution in [2.45, 2.75) is 19.9 Å². The van der Waals surface area contributed by atoms with Crippen LogP contribution in [-0.2, 0) is 11.3 Å². The van der Waals surface area contributed by atoms with Gasteiger partial charge in [-0.1, -0.05) is 12.1 Å². The van der Waals surface area contributed by atoms with Crippen molar-refractivity contribution in [1.82, 2.24) is 25.1 Å². The average molecular weight is 428 g/mol. The molecule has 0 radical (unpaired) electrons. The molecule has 1 N–H and O–H groups in total. The number of carbonyl (C=O) groups is 1. The van der Waals surface area contributed by atoms with Crippen LogP contribution in [-0.4, -0.2) is 78.0 Å². The first-order chi connectivity index (χ1) is 15.1. The zero-order chi connectivity index (χ0) is 22.1. The fourth-order valence-corrected chi connectivity index (χ4v) is 3.48. The SMILES string of the molecule is CCNC(=NCCC(=O)N1CCN(c2ncccn2)CC1)N(C)Cc1cccc(F)c1. The van der Waals surface area contributed by atoms with Gasteiger partial charge in [-0.15, -0.1) is 0 Å². The van der Waals surface area contributed by atoms with Crippen LogP contribution in [0.2, 0.25) is 0 Å². The largest absolute Gasteiger partial charge is 0.357 e. The molecule has 31 heavy (non-hydrogen) atoms. The minimum Gasteiger partial charge on any atom is -0.357 e. The van der Waals surface area contributed by atoms with Crippen LogP contribution in [0.5, 0.6) is 0 Å². The lowest BCUT2D eigenvalue weighted by atomic mass is 10.2. The van der Waals surface area contributed by atoms with Crippen molar-refractivity contribution in [3.63, 3.8) is 0 Å². The Morgan fingerprint density at radius 1 is 1.19 bits per heavy atom. The topological polar surface area (TPSA) is 77.0 Å². The van der Waals surface area contributed by atoms with E-state index in [2.05, 4.69) is 25.2 Å². The molecule has 0 spiro atoms. The molecule has 3 rings (SSSR count). The van der Waals surface area contributed by atoms with Crippen molar-refractivity contribution >= 4 is 17.8 Å². The first-order valence-electron chi connectivity index (χ1n) is 10.6. The van der Waals surface area contributed by atoms with Crippen LogP contribution in [0.3, 0.4) is 0 Å². The number of amides is 1. The first-order valence-corrected chi connectivity index (χ1v) is 10.6. The van der Waals surface area contributed by atoms with E-state index >= 15 is 0 Å². The van der Waals surface area contributed by atoms with Crippen molar-refractivity contribution in [2.24, 2.45) is 4.99 Å². The van der Waals surface area contributed by atoms with E-state index in [0.29, 0.717) is 51.1 Å². The van der Waals surface area contributed by atoms with Gasteiger partial charge in [0, 0.05) is 65.1 Å². The van der Waals surface area contributed by atoms with E-state index in [1.807, 2.05) is 29.8 Å². The summed E-state index contributed by atoms with van der Waals surface area (Å²) in [6.45, 7) is 6.38. The molecule has 0 aliphatic carbocycles. The second-order valence-corrected chi connectivity index (χ2v) is 7.39. The lowest BCUT2D eigenvalue weighted by Gasteiger charge is -2.34. The third-order valence-electron chi connectivity index (χ3n) is 5.06. The lowest BCUT2D eigenvalue weighted by molar-refractivity contribution is -0.131. The number of guanidine groups is 1. The number of hydrogen-bond acceptors (Lipinski definition) is 5. The highest BCUT2D eigenvalue weighted by Gasteiger charge is 2.22. The Morgan fingerprint density at radius 2 is 1.94 bits per heavy atom. The second-order valence-electron chi connectivity index (χ2n) is 7.39. The Labute approximate surface area is 182 Å². The highest BCUT2D eigenvalue weighted by atomic mass is 19.1. The molecule has 0 atom stereocenters. The second kappa shape index (κ2) is 11.2. The molecule has 1 aromatic heterocycles. The number of benzene rings is 1. The third kappa shape index (κ3) is 6.63. The van der Waals surface area contributed by atoms with E-state index in [0.717, 1.165) is 18.7 Å². The standard InChI is InChI=1S/C22H30FN7O/c1-3-24-21(28(2)17-18-6-4-7-19(23)16-18)27-11-8-20(31)29-12-14-30(15-13-29)22-25-9-5-10-26-22/h4-7,9-10,16H,3,8,11-15,17H2,1-2H3,(H,24,27). The molecule has 2 heterocycles. The predicted molar refractivity (Wildman–Crippen MR) is 119 cm³/mol. The normalized spacial score (nSPS) is 14.5. The van der Waals surface area contributed by atoms with Crippen molar-refractivity contribution in [3.05, 3.63) is 54.1 Å². The van der Waals surface area contributed by atoms with Crippen LogP contribution < -0.4 is 10.2 Å². The van der Waals surface area contributed by atoms with E-state index in [1.165, 1.54) is 12.1 Å². The molecule has 1 aromatic carbocycles. The molecule has 1 aliphatic heterocycles. The summed E-state index contributed by atoms with van der Waals surface area (Å²) in [6.07, 6.45) is 3.81. The van der Waals surface area contributed by atoms with E-state index in [-0.39, 0.29) is 11.7 Å². The van der Waals surface area contributed by atoms with Gasteiger partial charge in [0.25, 0.3) is 0 Å². The molecule has 0 bridgehead atoms. The van der Waals surface area contributed by atoms with Crippen LogP contribution in [0, 0.1) is 5.82 Å². The Balaban J connectivity index is 1.48. The fourth-order valence-electron chi connectivity index (χ4n) is 3.48. The maximum atomic E-state index is 13.4. The Morgan fingerprint density at radius 3 is 2.61 bits per heavy atom. The summed E-state index contributed by atoms with van der Waals surface area (Å²) in [5.74, 6) is 1.25. The molecule has 0 saturated carbocycles. The molecule has 1 aliphatic rings. The van der Waals surface area contributed by atoms with Crippen molar-refractivity contribution in [2.75, 3.05) is 51.2 Å². The van der Waals surface area contributed by atoms with Gasteiger partial charge in [-0.25, -0.2) is 14.4 Å². The first kappa shape index (κ1) is 22.5. The number of hydrogen-bond donors (Lipinski definition) is 1. The Hall–Kier alpha value is -3.23. The van der Waals surface area contributed by atoms with Crippen LogP contribution in [0.25, 0.3) is 0 Å². The molecule has 2 aromatic rings. The van der Waals surface area contributed by atoms with E-state index < -0.39 is 0 Å². The number of nitrogens with zero attached hydrogens (tertiary/aromatic N) is 6. The summed E-state index contributed by atoms with van der Waals surface area (Å²) < 4.78 is 13.4. The number of anilines is 1. The highest BCUT2D eigenvalue weighted by molar-refractivity contribution is 5.81. The van der Waals surface area contributed by atoms with Gasteiger partial charge in [0.05, 0.1) is 6.54 Å². The number of nitrogens with one attached hydrogen (secondary N) is 1.